The van der Waals surface area contributed by atoms with Crippen LogP contribution in [0.1, 0.15) is 35.1 Å². The first-order valence-corrected chi connectivity index (χ1v) is 9.23. The minimum atomic E-state index is -0.164. The van der Waals surface area contributed by atoms with E-state index in [1.54, 1.807) is 28.6 Å². The van der Waals surface area contributed by atoms with Crippen LogP contribution >= 0.6 is 0 Å². The molecule has 1 amide bonds. The summed E-state index contributed by atoms with van der Waals surface area (Å²) in [6, 6.07) is 12.8. The van der Waals surface area contributed by atoms with Crippen molar-refractivity contribution in [2.24, 2.45) is 7.05 Å². The fourth-order valence-corrected chi connectivity index (χ4v) is 3.61. The average molecular weight is 382 g/mol. The molecule has 0 atom stereocenters. The summed E-state index contributed by atoms with van der Waals surface area (Å²) in [5.74, 6) is 1.28. The molecular weight excluding hydrogens is 360 g/mol. The van der Waals surface area contributed by atoms with E-state index in [4.69, 9.17) is 9.15 Å². The lowest BCUT2D eigenvalue weighted by atomic mass is 9.95. The molecule has 8 heteroatoms. The van der Waals surface area contributed by atoms with Crippen molar-refractivity contribution in [3.05, 3.63) is 64.5 Å². The molecule has 1 fully saturated rings. The Morgan fingerprint density at radius 1 is 1.14 bits per heavy atom. The zero-order valence-corrected chi connectivity index (χ0v) is 15.9. The molecule has 0 spiro atoms. The van der Waals surface area contributed by atoms with E-state index >= 15 is 0 Å². The molecule has 3 aromatic rings. The molecule has 2 aromatic heterocycles. The number of para-hydroxylation sites is 1. The van der Waals surface area contributed by atoms with Gasteiger partial charge in [-0.3, -0.25) is 4.79 Å². The number of ether oxygens (including phenoxy) is 1. The summed E-state index contributed by atoms with van der Waals surface area (Å²) in [5, 5.41) is 4.48. The Kier molecular flexibility index (Phi) is 4.77. The van der Waals surface area contributed by atoms with Gasteiger partial charge in [0, 0.05) is 32.1 Å². The van der Waals surface area contributed by atoms with Crippen molar-refractivity contribution in [1.29, 1.82) is 0 Å². The highest BCUT2D eigenvalue weighted by Crippen LogP contribution is 2.29. The number of piperidine rings is 1. The van der Waals surface area contributed by atoms with E-state index < -0.39 is 0 Å². The minimum Gasteiger partial charge on any atom is -0.468 e. The summed E-state index contributed by atoms with van der Waals surface area (Å²) >= 11 is 0. The van der Waals surface area contributed by atoms with E-state index in [0.717, 1.165) is 24.4 Å². The van der Waals surface area contributed by atoms with Crippen LogP contribution in [0, 0.1) is 0 Å². The lowest BCUT2D eigenvalue weighted by Crippen LogP contribution is -2.38. The molecule has 8 nitrogen and oxygen atoms in total. The van der Waals surface area contributed by atoms with Crippen LogP contribution < -0.4 is 10.4 Å². The molecule has 146 valence electrons. The van der Waals surface area contributed by atoms with Crippen LogP contribution in [0.3, 0.4) is 0 Å². The smallest absolute Gasteiger partial charge is 0.350 e. The molecule has 0 N–H and O–H groups in total. The van der Waals surface area contributed by atoms with E-state index in [9.17, 15) is 9.59 Å². The predicted molar refractivity (Wildman–Crippen MR) is 102 cm³/mol. The summed E-state index contributed by atoms with van der Waals surface area (Å²) in [7, 11) is 3.16. The molecule has 3 heterocycles. The van der Waals surface area contributed by atoms with Gasteiger partial charge >= 0.3 is 5.69 Å². The maximum atomic E-state index is 12.6. The Labute approximate surface area is 161 Å². The standard InChI is InChI=1S/C20H22N4O4/c1-22-20(26)24(15-6-4-3-5-7-15)18(21-22)14-10-12-23(13-11-14)19(25)16-8-9-17(27-2)28-16/h3-9,14H,10-13H2,1-2H3. The fourth-order valence-electron chi connectivity index (χ4n) is 3.61. The fraction of sp³-hybridized carbons (Fsp3) is 0.350. The normalized spacial score (nSPS) is 15.0. The number of benzene rings is 1. The summed E-state index contributed by atoms with van der Waals surface area (Å²) < 4.78 is 13.4. The topological polar surface area (TPSA) is 82.5 Å². The first-order chi connectivity index (χ1) is 13.6. The largest absolute Gasteiger partial charge is 0.468 e. The van der Waals surface area contributed by atoms with Gasteiger partial charge in [0.1, 0.15) is 5.82 Å². The van der Waals surface area contributed by atoms with E-state index in [1.807, 2.05) is 30.3 Å². The summed E-state index contributed by atoms with van der Waals surface area (Å²) in [6.07, 6.45) is 1.46. The van der Waals surface area contributed by atoms with Crippen molar-refractivity contribution in [3.8, 4) is 11.6 Å². The summed E-state index contributed by atoms with van der Waals surface area (Å²) in [4.78, 5) is 27.0. The molecule has 1 aliphatic rings. The van der Waals surface area contributed by atoms with Crippen LogP contribution in [0.4, 0.5) is 0 Å². The van der Waals surface area contributed by atoms with Crippen LogP contribution in [0.25, 0.3) is 5.69 Å². The Morgan fingerprint density at radius 2 is 1.86 bits per heavy atom. The van der Waals surface area contributed by atoms with E-state index in [1.165, 1.54) is 11.8 Å². The van der Waals surface area contributed by atoms with Gasteiger partial charge in [-0.1, -0.05) is 18.2 Å². The first kappa shape index (κ1) is 18.1. The number of hydrogen-bond acceptors (Lipinski definition) is 5. The molecular formula is C20H22N4O4. The van der Waals surface area contributed by atoms with Crippen molar-refractivity contribution in [3.63, 3.8) is 0 Å². The Morgan fingerprint density at radius 3 is 2.50 bits per heavy atom. The number of furan rings is 1. The van der Waals surface area contributed by atoms with Crippen molar-refractivity contribution in [1.82, 2.24) is 19.2 Å². The van der Waals surface area contributed by atoms with Gasteiger partial charge in [0.2, 0.25) is 0 Å². The number of carbonyl (C=O) groups is 1. The lowest BCUT2D eigenvalue weighted by Gasteiger charge is -2.31. The number of carbonyl (C=O) groups excluding carboxylic acids is 1. The quantitative estimate of drug-likeness (QED) is 0.691. The monoisotopic (exact) mass is 382 g/mol. The Hall–Kier alpha value is -3.29. The number of likely N-dealkylation sites (tertiary alicyclic amines) is 1. The van der Waals surface area contributed by atoms with Crippen LogP contribution in [-0.4, -0.2) is 45.4 Å². The third kappa shape index (κ3) is 3.21. The number of hydrogen-bond donors (Lipinski definition) is 0. The van der Waals surface area contributed by atoms with Crippen molar-refractivity contribution >= 4 is 5.91 Å². The van der Waals surface area contributed by atoms with Gasteiger partial charge in [0.15, 0.2) is 5.76 Å². The number of nitrogens with zero attached hydrogens (tertiary/aromatic N) is 4. The van der Waals surface area contributed by atoms with Gasteiger partial charge in [-0.05, 0) is 31.0 Å². The summed E-state index contributed by atoms with van der Waals surface area (Å²) in [5.41, 5.74) is 0.638. The van der Waals surface area contributed by atoms with Crippen molar-refractivity contribution in [2.75, 3.05) is 20.2 Å². The van der Waals surface area contributed by atoms with Crippen LogP contribution in [0.2, 0.25) is 0 Å². The second kappa shape index (κ2) is 7.38. The van der Waals surface area contributed by atoms with Gasteiger partial charge in [-0.25, -0.2) is 14.0 Å². The molecule has 4 rings (SSSR count). The summed E-state index contributed by atoms with van der Waals surface area (Å²) in [6.45, 7) is 1.15. The molecule has 0 unspecified atom stereocenters. The average Bonchev–Trinajstić information content (AvgIpc) is 3.33. The third-order valence-corrected chi connectivity index (χ3v) is 5.10. The second-order valence-electron chi connectivity index (χ2n) is 6.82. The second-order valence-corrected chi connectivity index (χ2v) is 6.82. The highest BCUT2D eigenvalue weighted by molar-refractivity contribution is 5.91. The van der Waals surface area contributed by atoms with Crippen LogP contribution in [0.15, 0.2) is 51.7 Å². The number of aryl methyl sites for hydroxylation is 1. The maximum absolute atomic E-state index is 12.6. The number of methoxy groups -OCH3 is 1. The molecule has 0 aliphatic carbocycles. The molecule has 0 bridgehead atoms. The highest BCUT2D eigenvalue weighted by Gasteiger charge is 2.30. The number of rotatable bonds is 4. The van der Waals surface area contributed by atoms with Crippen molar-refractivity contribution in [2.45, 2.75) is 18.8 Å². The SMILES string of the molecule is COc1ccc(C(=O)N2CCC(c3nn(C)c(=O)n3-c3ccccc3)CC2)o1. The minimum absolute atomic E-state index is 0.101. The molecule has 1 saturated heterocycles. The highest BCUT2D eigenvalue weighted by atomic mass is 16.6. The van der Waals surface area contributed by atoms with Gasteiger partial charge in [-0.15, -0.1) is 0 Å². The van der Waals surface area contributed by atoms with E-state index in [2.05, 4.69) is 5.10 Å². The Bertz CT molecular complexity index is 1030. The molecule has 1 aliphatic heterocycles. The molecule has 28 heavy (non-hydrogen) atoms. The number of aromatic nitrogens is 3. The van der Waals surface area contributed by atoms with Gasteiger partial charge in [-0.2, -0.15) is 5.10 Å². The van der Waals surface area contributed by atoms with Crippen LogP contribution in [-0.2, 0) is 7.05 Å². The van der Waals surface area contributed by atoms with E-state index in [0.29, 0.717) is 19.0 Å². The number of amides is 1. The first-order valence-electron chi connectivity index (χ1n) is 9.23. The van der Waals surface area contributed by atoms with E-state index in [-0.39, 0.29) is 23.3 Å². The third-order valence-electron chi connectivity index (χ3n) is 5.10. The van der Waals surface area contributed by atoms with Crippen molar-refractivity contribution < 1.29 is 13.9 Å². The Balaban J connectivity index is 1.52. The van der Waals surface area contributed by atoms with Gasteiger partial charge in [0.25, 0.3) is 11.9 Å². The van der Waals surface area contributed by atoms with Gasteiger partial charge < -0.3 is 14.1 Å². The predicted octanol–water partition coefficient (Wildman–Crippen LogP) is 2.19. The zero-order valence-electron chi connectivity index (χ0n) is 15.9. The van der Waals surface area contributed by atoms with Gasteiger partial charge in [0.05, 0.1) is 12.8 Å². The molecule has 0 saturated carbocycles. The lowest BCUT2D eigenvalue weighted by molar-refractivity contribution is 0.0672. The molecule has 1 aromatic carbocycles. The zero-order chi connectivity index (χ0) is 19.7. The molecule has 0 radical (unpaired) electrons. The van der Waals surface area contributed by atoms with Crippen LogP contribution in [0.5, 0.6) is 5.95 Å². The maximum Gasteiger partial charge on any atom is 0.350 e.